The first-order chi connectivity index (χ1) is 11.7. The van der Waals surface area contributed by atoms with Crippen molar-refractivity contribution in [2.24, 2.45) is 5.92 Å². The fourth-order valence-electron chi connectivity index (χ4n) is 3.07. The molecular weight excluding hydrogens is 306 g/mol. The minimum atomic E-state index is -0.109. The van der Waals surface area contributed by atoms with Gasteiger partial charge in [0, 0.05) is 19.6 Å². The molecule has 1 fully saturated rings. The van der Waals surface area contributed by atoms with Gasteiger partial charge in [0.25, 0.3) is 0 Å². The lowest BCUT2D eigenvalue weighted by molar-refractivity contribution is -0.136. The van der Waals surface area contributed by atoms with Crippen LogP contribution in [0.15, 0.2) is 24.3 Å². The van der Waals surface area contributed by atoms with Crippen molar-refractivity contribution >= 4 is 22.8 Å². The van der Waals surface area contributed by atoms with Crippen molar-refractivity contribution in [2.75, 3.05) is 19.6 Å². The van der Waals surface area contributed by atoms with E-state index in [1.807, 2.05) is 31.2 Å². The van der Waals surface area contributed by atoms with Crippen LogP contribution in [0.25, 0.3) is 11.0 Å². The van der Waals surface area contributed by atoms with Gasteiger partial charge in [0.15, 0.2) is 0 Å². The Morgan fingerprint density at radius 1 is 1.33 bits per heavy atom. The first kappa shape index (κ1) is 16.4. The van der Waals surface area contributed by atoms with E-state index in [0.29, 0.717) is 19.6 Å². The molecule has 1 N–H and O–H groups in total. The van der Waals surface area contributed by atoms with Crippen LogP contribution in [-0.4, -0.2) is 51.3 Å². The molecule has 1 saturated heterocycles. The average Bonchev–Trinajstić information content (AvgIpc) is 3.03. The van der Waals surface area contributed by atoms with Gasteiger partial charge >= 0.3 is 0 Å². The monoisotopic (exact) mass is 329 g/mol. The molecule has 7 nitrogen and oxygen atoms in total. The van der Waals surface area contributed by atoms with Crippen molar-refractivity contribution in [3.8, 4) is 0 Å². The lowest BCUT2D eigenvalue weighted by Gasteiger charge is -2.32. The van der Waals surface area contributed by atoms with Gasteiger partial charge in [-0.3, -0.25) is 9.59 Å². The highest BCUT2D eigenvalue weighted by Crippen LogP contribution is 2.18. The summed E-state index contributed by atoms with van der Waals surface area (Å²) in [5.41, 5.74) is 1.63. The average molecular weight is 329 g/mol. The number of rotatable bonds is 5. The number of carbonyl (C=O) groups is 2. The SMILES string of the molecule is CCCNC(=O)[C@H]1CCCN(C(=O)Cn2nnc3ccccc32)C1. The Labute approximate surface area is 141 Å². The van der Waals surface area contributed by atoms with Crippen LogP contribution in [-0.2, 0) is 16.1 Å². The van der Waals surface area contributed by atoms with Crippen LogP contribution in [0.1, 0.15) is 26.2 Å². The van der Waals surface area contributed by atoms with E-state index in [2.05, 4.69) is 15.6 Å². The summed E-state index contributed by atoms with van der Waals surface area (Å²) in [4.78, 5) is 26.5. The number of hydrogen-bond donors (Lipinski definition) is 1. The number of likely N-dealkylation sites (tertiary alicyclic amines) is 1. The number of fused-ring (bicyclic) bond motifs is 1. The first-order valence-corrected chi connectivity index (χ1v) is 8.52. The third-order valence-electron chi connectivity index (χ3n) is 4.40. The number of para-hydroxylation sites is 1. The molecular formula is C17H23N5O2. The van der Waals surface area contributed by atoms with Gasteiger partial charge in [-0.05, 0) is 31.4 Å². The number of benzene rings is 1. The predicted octanol–water partition coefficient (Wildman–Crippen LogP) is 1.20. The van der Waals surface area contributed by atoms with Gasteiger partial charge < -0.3 is 10.2 Å². The number of piperidine rings is 1. The molecule has 2 amide bonds. The van der Waals surface area contributed by atoms with Crippen LogP contribution in [0, 0.1) is 5.92 Å². The third-order valence-corrected chi connectivity index (χ3v) is 4.40. The number of hydrogen-bond acceptors (Lipinski definition) is 4. The number of nitrogens with one attached hydrogen (secondary N) is 1. The van der Waals surface area contributed by atoms with Crippen LogP contribution >= 0.6 is 0 Å². The van der Waals surface area contributed by atoms with E-state index in [1.54, 1.807) is 9.58 Å². The van der Waals surface area contributed by atoms with E-state index in [0.717, 1.165) is 30.3 Å². The maximum absolute atomic E-state index is 12.6. The zero-order valence-corrected chi connectivity index (χ0v) is 13.9. The molecule has 0 bridgehead atoms. The van der Waals surface area contributed by atoms with E-state index >= 15 is 0 Å². The standard InChI is InChI=1S/C17H23N5O2/c1-2-9-18-17(24)13-6-5-10-21(11-13)16(23)12-22-15-8-4-3-7-14(15)19-20-22/h3-4,7-8,13H,2,5-6,9-12H2,1H3,(H,18,24)/t13-/m0/s1. The quantitative estimate of drug-likeness (QED) is 0.894. The van der Waals surface area contributed by atoms with E-state index < -0.39 is 0 Å². The molecule has 2 aromatic rings. The maximum Gasteiger partial charge on any atom is 0.244 e. The van der Waals surface area contributed by atoms with Crippen LogP contribution in [0.3, 0.4) is 0 Å². The molecule has 1 aliphatic heterocycles. The number of amides is 2. The van der Waals surface area contributed by atoms with Crippen molar-refractivity contribution in [2.45, 2.75) is 32.7 Å². The van der Waals surface area contributed by atoms with Crippen LogP contribution in [0.4, 0.5) is 0 Å². The van der Waals surface area contributed by atoms with Crippen molar-refractivity contribution in [1.82, 2.24) is 25.2 Å². The topological polar surface area (TPSA) is 80.1 Å². The lowest BCUT2D eigenvalue weighted by atomic mass is 9.97. The van der Waals surface area contributed by atoms with Gasteiger partial charge in [-0.2, -0.15) is 0 Å². The van der Waals surface area contributed by atoms with Crippen LogP contribution in [0.5, 0.6) is 0 Å². The Kier molecular flexibility index (Phi) is 5.08. The fourth-order valence-corrected chi connectivity index (χ4v) is 3.07. The van der Waals surface area contributed by atoms with Gasteiger partial charge in [-0.25, -0.2) is 4.68 Å². The second-order valence-corrected chi connectivity index (χ2v) is 6.21. The smallest absolute Gasteiger partial charge is 0.244 e. The molecule has 3 rings (SSSR count). The largest absolute Gasteiger partial charge is 0.356 e. The highest BCUT2D eigenvalue weighted by molar-refractivity contribution is 5.82. The molecule has 1 aromatic carbocycles. The van der Waals surface area contributed by atoms with E-state index in [9.17, 15) is 9.59 Å². The van der Waals surface area contributed by atoms with Crippen molar-refractivity contribution in [1.29, 1.82) is 0 Å². The number of nitrogens with zero attached hydrogens (tertiary/aromatic N) is 4. The van der Waals surface area contributed by atoms with Crippen molar-refractivity contribution in [3.63, 3.8) is 0 Å². The Bertz CT molecular complexity index is 727. The van der Waals surface area contributed by atoms with E-state index in [-0.39, 0.29) is 24.3 Å². The number of aromatic nitrogens is 3. The Hall–Kier alpha value is -2.44. The Morgan fingerprint density at radius 2 is 2.17 bits per heavy atom. The highest BCUT2D eigenvalue weighted by atomic mass is 16.2. The van der Waals surface area contributed by atoms with Gasteiger partial charge in [0.05, 0.1) is 11.4 Å². The highest BCUT2D eigenvalue weighted by Gasteiger charge is 2.28. The maximum atomic E-state index is 12.6. The summed E-state index contributed by atoms with van der Waals surface area (Å²) in [7, 11) is 0. The summed E-state index contributed by atoms with van der Waals surface area (Å²) in [5, 5.41) is 11.1. The normalized spacial score (nSPS) is 17.9. The van der Waals surface area contributed by atoms with Crippen LogP contribution < -0.4 is 5.32 Å². The molecule has 128 valence electrons. The molecule has 7 heteroatoms. The van der Waals surface area contributed by atoms with Gasteiger partial charge in [-0.15, -0.1) is 5.10 Å². The van der Waals surface area contributed by atoms with Crippen molar-refractivity contribution in [3.05, 3.63) is 24.3 Å². The molecule has 1 aromatic heterocycles. The molecule has 2 heterocycles. The predicted molar refractivity (Wildman–Crippen MR) is 90.1 cm³/mol. The van der Waals surface area contributed by atoms with E-state index in [1.165, 1.54) is 0 Å². The molecule has 24 heavy (non-hydrogen) atoms. The van der Waals surface area contributed by atoms with Gasteiger partial charge in [0.2, 0.25) is 11.8 Å². The molecule has 1 aliphatic rings. The molecule has 0 radical (unpaired) electrons. The van der Waals surface area contributed by atoms with Gasteiger partial charge in [0.1, 0.15) is 12.1 Å². The second kappa shape index (κ2) is 7.42. The lowest BCUT2D eigenvalue weighted by Crippen LogP contribution is -2.46. The van der Waals surface area contributed by atoms with Gasteiger partial charge in [-0.1, -0.05) is 24.3 Å². The summed E-state index contributed by atoms with van der Waals surface area (Å²) < 4.78 is 1.62. The minimum absolute atomic E-state index is 0.0151. The molecule has 1 atom stereocenters. The zero-order valence-electron chi connectivity index (χ0n) is 13.9. The summed E-state index contributed by atoms with van der Waals surface area (Å²) in [6.45, 7) is 4.06. The van der Waals surface area contributed by atoms with E-state index in [4.69, 9.17) is 0 Å². The molecule has 0 unspecified atom stereocenters. The number of carbonyl (C=O) groups excluding carboxylic acids is 2. The summed E-state index contributed by atoms with van der Waals surface area (Å²) in [6, 6.07) is 7.58. The third kappa shape index (κ3) is 3.55. The zero-order chi connectivity index (χ0) is 16.9. The molecule has 0 aliphatic carbocycles. The fraction of sp³-hybridized carbons (Fsp3) is 0.529. The molecule has 0 spiro atoms. The molecule has 0 saturated carbocycles. The Balaban J connectivity index is 1.63. The summed E-state index contributed by atoms with van der Waals surface area (Å²) in [5.74, 6) is -0.0686. The van der Waals surface area contributed by atoms with Crippen molar-refractivity contribution < 1.29 is 9.59 Å². The Morgan fingerprint density at radius 3 is 3.00 bits per heavy atom. The second-order valence-electron chi connectivity index (χ2n) is 6.21. The summed E-state index contributed by atoms with van der Waals surface area (Å²) >= 11 is 0. The minimum Gasteiger partial charge on any atom is -0.356 e. The first-order valence-electron chi connectivity index (χ1n) is 8.52. The summed E-state index contributed by atoms with van der Waals surface area (Å²) in [6.07, 6.45) is 2.61. The van der Waals surface area contributed by atoms with Crippen LogP contribution in [0.2, 0.25) is 0 Å².